The smallest absolute Gasteiger partial charge is 0.346 e. The summed E-state index contributed by atoms with van der Waals surface area (Å²) in [4.78, 5) is 24.7. The summed E-state index contributed by atoms with van der Waals surface area (Å²) in [6.45, 7) is 0.745. The summed E-state index contributed by atoms with van der Waals surface area (Å²) < 4.78 is 3.12. The maximum absolute atomic E-state index is 13.1. The first-order valence-electron chi connectivity index (χ1n) is 10.6. The van der Waals surface area contributed by atoms with Crippen molar-refractivity contribution in [3.05, 3.63) is 112 Å². The first-order chi connectivity index (χ1) is 16.1. The lowest BCUT2D eigenvalue weighted by Crippen LogP contribution is -2.26. The zero-order valence-electron chi connectivity index (χ0n) is 18.0. The van der Waals surface area contributed by atoms with Crippen LogP contribution in [0.15, 0.2) is 83.7 Å². The summed E-state index contributed by atoms with van der Waals surface area (Å²) in [5.74, 6) is 2.29. The Kier molecular flexibility index (Phi) is 6.51. The fourth-order valence-corrected chi connectivity index (χ4v) is 3.77. The molecule has 0 saturated carbocycles. The average Bonchev–Trinajstić information content (AvgIpc) is 3.13. The molecular formula is C27H23N3O3. The number of rotatable bonds is 8. The van der Waals surface area contributed by atoms with E-state index in [2.05, 4.69) is 11.0 Å². The molecular weight excluding hydrogens is 414 g/mol. The number of aryl methyl sites for hydroxylation is 1. The van der Waals surface area contributed by atoms with Gasteiger partial charge in [0.2, 0.25) is 0 Å². The molecule has 4 aromatic rings. The Bertz CT molecular complexity index is 1360. The molecule has 0 aliphatic carbocycles. The highest BCUT2D eigenvalue weighted by Crippen LogP contribution is 2.24. The Labute approximate surface area is 191 Å². The first-order valence-corrected chi connectivity index (χ1v) is 10.6. The van der Waals surface area contributed by atoms with E-state index in [1.807, 2.05) is 60.7 Å². The zero-order chi connectivity index (χ0) is 23.2. The maximum Gasteiger partial charge on any atom is 0.346 e. The van der Waals surface area contributed by atoms with Crippen molar-refractivity contribution in [3.8, 4) is 23.5 Å². The predicted octanol–water partition coefficient (Wildman–Crippen LogP) is 4.07. The van der Waals surface area contributed by atoms with Crippen LogP contribution in [0.1, 0.15) is 33.7 Å². The van der Waals surface area contributed by atoms with E-state index in [0.29, 0.717) is 37.3 Å². The molecule has 0 aliphatic rings. The molecule has 33 heavy (non-hydrogen) atoms. The van der Waals surface area contributed by atoms with Gasteiger partial charge >= 0.3 is 11.7 Å². The highest BCUT2D eigenvalue weighted by Gasteiger charge is 2.15. The Morgan fingerprint density at radius 1 is 0.909 bits per heavy atom. The molecule has 164 valence electrons. The van der Waals surface area contributed by atoms with Gasteiger partial charge in [0, 0.05) is 12.8 Å². The number of hydrogen-bond donors (Lipinski definition) is 1. The molecule has 0 aliphatic heterocycles. The molecule has 6 heteroatoms. The van der Waals surface area contributed by atoms with Crippen molar-refractivity contribution in [3.63, 3.8) is 0 Å². The minimum atomic E-state index is -0.967. The van der Waals surface area contributed by atoms with Crippen LogP contribution < -0.4 is 5.69 Å². The lowest BCUT2D eigenvalue weighted by Gasteiger charge is -2.09. The van der Waals surface area contributed by atoms with Gasteiger partial charge in [0.15, 0.2) is 0 Å². The van der Waals surface area contributed by atoms with Crippen molar-refractivity contribution in [1.82, 2.24) is 14.3 Å². The van der Waals surface area contributed by atoms with E-state index >= 15 is 0 Å². The normalized spacial score (nSPS) is 10.6. The summed E-state index contributed by atoms with van der Waals surface area (Å²) in [5.41, 5.74) is 3.42. The van der Waals surface area contributed by atoms with E-state index in [9.17, 15) is 14.7 Å². The zero-order valence-corrected chi connectivity index (χ0v) is 18.0. The lowest BCUT2D eigenvalue weighted by molar-refractivity contribution is 0.0697. The molecule has 1 heterocycles. The van der Waals surface area contributed by atoms with Gasteiger partial charge in [0.1, 0.15) is 5.82 Å². The topological polar surface area (TPSA) is 77.1 Å². The van der Waals surface area contributed by atoms with Crippen LogP contribution in [-0.4, -0.2) is 25.4 Å². The van der Waals surface area contributed by atoms with Gasteiger partial charge in [0.05, 0.1) is 18.7 Å². The summed E-state index contributed by atoms with van der Waals surface area (Å²) in [6.07, 6.45) is 6.44. The third kappa shape index (κ3) is 4.94. The third-order valence-electron chi connectivity index (χ3n) is 5.43. The Balaban J connectivity index is 1.62. The van der Waals surface area contributed by atoms with Crippen LogP contribution in [0, 0.1) is 12.3 Å². The molecule has 1 N–H and O–H groups in total. The number of hydrogen-bond acceptors (Lipinski definition) is 3. The maximum atomic E-state index is 13.1. The molecule has 0 fully saturated rings. The molecule has 1 aromatic heterocycles. The van der Waals surface area contributed by atoms with Crippen molar-refractivity contribution in [2.24, 2.45) is 0 Å². The number of terminal acetylenes is 1. The molecule has 0 atom stereocenters. The number of benzene rings is 3. The summed E-state index contributed by atoms with van der Waals surface area (Å²) in [6, 6.07) is 24.2. The van der Waals surface area contributed by atoms with E-state index in [-0.39, 0.29) is 11.3 Å². The highest BCUT2D eigenvalue weighted by molar-refractivity contribution is 5.95. The number of carboxylic acid groups (broad SMARTS) is 1. The van der Waals surface area contributed by atoms with Crippen molar-refractivity contribution in [1.29, 1.82) is 0 Å². The number of nitrogens with zero attached hydrogens (tertiary/aromatic N) is 3. The van der Waals surface area contributed by atoms with E-state index in [0.717, 1.165) is 16.7 Å². The summed E-state index contributed by atoms with van der Waals surface area (Å²) in [5, 5.41) is 14.0. The molecule has 0 bridgehead atoms. The quantitative estimate of drug-likeness (QED) is 0.422. The SMILES string of the molecule is C#CCCc1nn(Cc2ccccc2)c(=O)n1Cc1ccc(-c2ccccc2C(=O)O)cc1. The molecule has 0 unspecified atom stereocenters. The van der Waals surface area contributed by atoms with Crippen molar-refractivity contribution < 1.29 is 9.90 Å². The fourth-order valence-electron chi connectivity index (χ4n) is 3.77. The van der Waals surface area contributed by atoms with Crippen LogP contribution in [0.3, 0.4) is 0 Å². The van der Waals surface area contributed by atoms with Gasteiger partial charge in [-0.05, 0) is 28.3 Å². The molecule has 0 radical (unpaired) electrons. The lowest BCUT2D eigenvalue weighted by atomic mass is 9.99. The van der Waals surface area contributed by atoms with Gasteiger partial charge < -0.3 is 5.11 Å². The first kappa shape index (κ1) is 21.8. The average molecular weight is 437 g/mol. The van der Waals surface area contributed by atoms with Crippen molar-refractivity contribution >= 4 is 5.97 Å². The summed E-state index contributed by atoms with van der Waals surface area (Å²) in [7, 11) is 0. The van der Waals surface area contributed by atoms with Crippen molar-refractivity contribution in [2.75, 3.05) is 0 Å². The highest BCUT2D eigenvalue weighted by atomic mass is 16.4. The number of aromatic nitrogens is 3. The number of carboxylic acids is 1. The van der Waals surface area contributed by atoms with E-state index < -0.39 is 5.97 Å². The molecule has 0 amide bonds. The monoisotopic (exact) mass is 437 g/mol. The Morgan fingerprint density at radius 2 is 1.58 bits per heavy atom. The second-order valence-corrected chi connectivity index (χ2v) is 7.68. The van der Waals surface area contributed by atoms with Crippen LogP contribution in [0.25, 0.3) is 11.1 Å². The largest absolute Gasteiger partial charge is 0.478 e. The van der Waals surface area contributed by atoms with Crippen LogP contribution in [0.2, 0.25) is 0 Å². The van der Waals surface area contributed by atoms with Gasteiger partial charge in [-0.3, -0.25) is 4.57 Å². The van der Waals surface area contributed by atoms with Gasteiger partial charge in [0.25, 0.3) is 0 Å². The van der Waals surface area contributed by atoms with Gasteiger partial charge in [-0.15, -0.1) is 12.3 Å². The second kappa shape index (κ2) is 9.84. The molecule has 4 rings (SSSR count). The van der Waals surface area contributed by atoms with Gasteiger partial charge in [-0.1, -0.05) is 72.8 Å². The van der Waals surface area contributed by atoms with E-state index in [1.165, 1.54) is 4.68 Å². The minimum Gasteiger partial charge on any atom is -0.478 e. The molecule has 0 spiro atoms. The van der Waals surface area contributed by atoms with E-state index in [4.69, 9.17) is 6.42 Å². The van der Waals surface area contributed by atoms with Crippen LogP contribution in [-0.2, 0) is 19.5 Å². The molecule has 0 saturated heterocycles. The minimum absolute atomic E-state index is 0.189. The number of aromatic carboxylic acids is 1. The Morgan fingerprint density at radius 3 is 2.27 bits per heavy atom. The van der Waals surface area contributed by atoms with E-state index in [1.54, 1.807) is 22.8 Å². The summed E-state index contributed by atoms with van der Waals surface area (Å²) >= 11 is 0. The van der Waals surface area contributed by atoms with Gasteiger partial charge in [-0.25, -0.2) is 14.3 Å². The fraction of sp³-hybridized carbons (Fsp3) is 0.148. The van der Waals surface area contributed by atoms with Crippen molar-refractivity contribution in [2.45, 2.75) is 25.9 Å². The Hall–Kier alpha value is -4.37. The van der Waals surface area contributed by atoms with Crippen LogP contribution in [0.4, 0.5) is 0 Å². The predicted molar refractivity (Wildman–Crippen MR) is 127 cm³/mol. The number of carbonyl (C=O) groups is 1. The molecule has 3 aromatic carbocycles. The third-order valence-corrected chi connectivity index (χ3v) is 5.43. The molecule has 6 nitrogen and oxygen atoms in total. The van der Waals surface area contributed by atoms with Gasteiger partial charge in [-0.2, -0.15) is 5.10 Å². The van der Waals surface area contributed by atoms with Crippen LogP contribution >= 0.6 is 0 Å². The van der Waals surface area contributed by atoms with Crippen LogP contribution in [0.5, 0.6) is 0 Å². The second-order valence-electron chi connectivity index (χ2n) is 7.68. The standard InChI is InChI=1S/C27H23N3O3/c1-2-3-13-25-28-30(19-20-9-5-4-6-10-20)27(33)29(25)18-21-14-16-22(17-15-21)23-11-7-8-12-24(23)26(31)32/h1,4-12,14-17H,3,13,18-19H2,(H,31,32).